The first-order valence-electron chi connectivity index (χ1n) is 5.44. The summed E-state index contributed by atoms with van der Waals surface area (Å²) in [7, 11) is 0. The van der Waals surface area contributed by atoms with Crippen molar-refractivity contribution in [3.8, 4) is 6.07 Å². The van der Waals surface area contributed by atoms with Crippen LogP contribution >= 0.6 is 0 Å². The number of aliphatic hydroxyl groups excluding tert-OH is 1. The zero-order valence-corrected chi connectivity index (χ0v) is 9.16. The van der Waals surface area contributed by atoms with Gasteiger partial charge in [-0.2, -0.15) is 5.26 Å². The van der Waals surface area contributed by atoms with Gasteiger partial charge >= 0.3 is 0 Å². The van der Waals surface area contributed by atoms with Crippen LogP contribution in [0.3, 0.4) is 0 Å². The third-order valence-electron chi connectivity index (χ3n) is 2.99. The normalized spacial score (nSPS) is 16.9. The number of nitrogens with zero attached hydrogens (tertiary/aromatic N) is 2. The van der Waals surface area contributed by atoms with Crippen molar-refractivity contribution in [3.05, 3.63) is 29.3 Å². The van der Waals surface area contributed by atoms with E-state index in [1.165, 1.54) is 12.1 Å². The summed E-state index contributed by atoms with van der Waals surface area (Å²) < 4.78 is 27.1. The number of aliphatic hydroxyl groups is 1. The molecule has 5 heteroatoms. The lowest BCUT2D eigenvalue weighted by Crippen LogP contribution is -2.36. The van der Waals surface area contributed by atoms with Crippen LogP contribution in [0, 0.1) is 23.0 Å². The summed E-state index contributed by atoms with van der Waals surface area (Å²) in [4.78, 5) is 1.69. The fourth-order valence-corrected chi connectivity index (χ4v) is 1.98. The molecule has 0 spiro atoms. The summed E-state index contributed by atoms with van der Waals surface area (Å²) in [6, 6.07) is 4.29. The summed E-state index contributed by atoms with van der Waals surface area (Å²) in [6.45, 7) is 0.979. The number of halogens is 2. The van der Waals surface area contributed by atoms with Crippen LogP contribution in [0.4, 0.5) is 14.5 Å². The van der Waals surface area contributed by atoms with Gasteiger partial charge in [-0.25, -0.2) is 8.78 Å². The van der Waals surface area contributed by atoms with E-state index in [0.29, 0.717) is 25.9 Å². The van der Waals surface area contributed by atoms with Gasteiger partial charge in [0.2, 0.25) is 0 Å². The molecule has 1 aromatic rings. The Labute approximate surface area is 97.9 Å². The van der Waals surface area contributed by atoms with Crippen LogP contribution in [-0.4, -0.2) is 24.3 Å². The molecule has 0 bridgehead atoms. The Kier molecular flexibility index (Phi) is 3.25. The minimum atomic E-state index is -1.10. The molecule has 3 nitrogen and oxygen atoms in total. The molecule has 1 fully saturated rings. The summed E-state index contributed by atoms with van der Waals surface area (Å²) in [5.74, 6) is -2.09. The molecule has 1 N–H and O–H groups in total. The Bertz CT molecular complexity index is 462. The van der Waals surface area contributed by atoms with Gasteiger partial charge in [-0.3, -0.25) is 0 Å². The van der Waals surface area contributed by atoms with Crippen LogP contribution in [-0.2, 0) is 0 Å². The van der Waals surface area contributed by atoms with Crippen molar-refractivity contribution in [2.24, 2.45) is 0 Å². The molecule has 1 aliphatic rings. The van der Waals surface area contributed by atoms with Gasteiger partial charge in [0.1, 0.15) is 6.07 Å². The topological polar surface area (TPSA) is 47.3 Å². The molecule has 1 aliphatic heterocycles. The Morgan fingerprint density at radius 3 is 2.47 bits per heavy atom. The second-order valence-electron chi connectivity index (χ2n) is 4.09. The molecular weight excluding hydrogens is 226 g/mol. The van der Waals surface area contributed by atoms with E-state index in [1.54, 1.807) is 11.0 Å². The average molecular weight is 238 g/mol. The fourth-order valence-electron chi connectivity index (χ4n) is 1.98. The Morgan fingerprint density at radius 2 is 1.88 bits per heavy atom. The second-order valence-corrected chi connectivity index (χ2v) is 4.09. The van der Waals surface area contributed by atoms with E-state index >= 15 is 0 Å². The first-order valence-corrected chi connectivity index (χ1v) is 5.44. The number of benzene rings is 1. The first-order chi connectivity index (χ1) is 8.13. The molecule has 1 aromatic carbocycles. The molecule has 2 rings (SSSR count). The molecule has 0 atom stereocenters. The van der Waals surface area contributed by atoms with E-state index < -0.39 is 11.6 Å². The van der Waals surface area contributed by atoms with Crippen LogP contribution in [0.25, 0.3) is 0 Å². The van der Waals surface area contributed by atoms with Crippen molar-refractivity contribution < 1.29 is 13.9 Å². The number of hydrogen-bond donors (Lipinski definition) is 1. The predicted octanol–water partition coefficient (Wildman–Crippen LogP) is 1.80. The second kappa shape index (κ2) is 4.68. The van der Waals surface area contributed by atoms with Crippen LogP contribution in [0.1, 0.15) is 18.4 Å². The van der Waals surface area contributed by atoms with Gasteiger partial charge in [0.25, 0.3) is 0 Å². The van der Waals surface area contributed by atoms with E-state index in [0.717, 1.165) is 0 Å². The molecule has 1 saturated heterocycles. The van der Waals surface area contributed by atoms with Gasteiger partial charge in [0.15, 0.2) is 11.6 Å². The highest BCUT2D eigenvalue weighted by Crippen LogP contribution is 2.26. The maximum absolute atomic E-state index is 13.7. The highest BCUT2D eigenvalue weighted by molar-refractivity contribution is 5.52. The van der Waals surface area contributed by atoms with E-state index in [1.807, 2.05) is 0 Å². The summed E-state index contributed by atoms with van der Waals surface area (Å²) >= 11 is 0. The molecule has 90 valence electrons. The van der Waals surface area contributed by atoms with Crippen LogP contribution in [0.15, 0.2) is 12.1 Å². The van der Waals surface area contributed by atoms with Crippen molar-refractivity contribution >= 4 is 5.69 Å². The predicted molar refractivity (Wildman–Crippen MR) is 58.5 cm³/mol. The maximum Gasteiger partial charge on any atom is 0.183 e. The van der Waals surface area contributed by atoms with Crippen molar-refractivity contribution in [1.82, 2.24) is 0 Å². The number of hydrogen-bond acceptors (Lipinski definition) is 3. The molecule has 0 saturated carbocycles. The lowest BCUT2D eigenvalue weighted by molar-refractivity contribution is 0.145. The quantitative estimate of drug-likeness (QED) is 0.811. The summed E-state index contributed by atoms with van der Waals surface area (Å²) in [5.41, 5.74) is -0.128. The van der Waals surface area contributed by atoms with E-state index in [9.17, 15) is 13.9 Å². The zero-order valence-electron chi connectivity index (χ0n) is 9.16. The van der Waals surface area contributed by atoms with Gasteiger partial charge in [0, 0.05) is 13.1 Å². The standard InChI is InChI=1S/C12H12F2N2O/c13-11-8(7-15)1-2-10(12(11)14)16-5-3-9(17)4-6-16/h1-2,9,17H,3-6H2. The van der Waals surface area contributed by atoms with E-state index in [2.05, 4.69) is 0 Å². The van der Waals surface area contributed by atoms with Crippen LogP contribution in [0.2, 0.25) is 0 Å². The summed E-state index contributed by atoms with van der Waals surface area (Å²) in [5, 5.41) is 17.9. The zero-order chi connectivity index (χ0) is 12.4. The number of rotatable bonds is 1. The molecular formula is C12H12F2N2O. The first kappa shape index (κ1) is 11.8. The van der Waals surface area contributed by atoms with E-state index in [4.69, 9.17) is 5.26 Å². The van der Waals surface area contributed by atoms with Crippen molar-refractivity contribution in [1.29, 1.82) is 5.26 Å². The van der Waals surface area contributed by atoms with Gasteiger partial charge in [-0.05, 0) is 25.0 Å². The third kappa shape index (κ3) is 2.22. The van der Waals surface area contributed by atoms with Crippen molar-refractivity contribution in [2.45, 2.75) is 18.9 Å². The molecule has 0 amide bonds. The molecule has 0 aliphatic carbocycles. The fraction of sp³-hybridized carbons (Fsp3) is 0.417. The molecule has 0 aromatic heterocycles. The molecule has 17 heavy (non-hydrogen) atoms. The Morgan fingerprint density at radius 1 is 1.24 bits per heavy atom. The SMILES string of the molecule is N#Cc1ccc(N2CCC(O)CC2)c(F)c1F. The molecule has 1 heterocycles. The lowest BCUT2D eigenvalue weighted by Gasteiger charge is -2.31. The lowest BCUT2D eigenvalue weighted by atomic mass is 10.1. The highest BCUT2D eigenvalue weighted by atomic mass is 19.2. The number of piperidine rings is 1. The molecule has 0 radical (unpaired) electrons. The van der Waals surface area contributed by atoms with Gasteiger partial charge in [-0.15, -0.1) is 0 Å². The third-order valence-corrected chi connectivity index (χ3v) is 2.99. The van der Waals surface area contributed by atoms with Gasteiger partial charge in [0.05, 0.1) is 17.4 Å². The maximum atomic E-state index is 13.7. The Balaban J connectivity index is 2.28. The number of anilines is 1. The minimum absolute atomic E-state index is 0.161. The highest BCUT2D eigenvalue weighted by Gasteiger charge is 2.22. The van der Waals surface area contributed by atoms with Crippen LogP contribution < -0.4 is 4.90 Å². The Hall–Kier alpha value is -1.67. The largest absolute Gasteiger partial charge is 0.393 e. The minimum Gasteiger partial charge on any atom is -0.393 e. The monoisotopic (exact) mass is 238 g/mol. The summed E-state index contributed by atoms with van der Waals surface area (Å²) in [6.07, 6.45) is 0.722. The smallest absolute Gasteiger partial charge is 0.183 e. The van der Waals surface area contributed by atoms with Gasteiger partial charge < -0.3 is 10.0 Å². The van der Waals surface area contributed by atoms with Crippen LogP contribution in [0.5, 0.6) is 0 Å². The number of nitriles is 1. The molecule has 0 unspecified atom stereocenters. The average Bonchev–Trinajstić information content (AvgIpc) is 2.34. The van der Waals surface area contributed by atoms with Gasteiger partial charge in [-0.1, -0.05) is 0 Å². The van der Waals surface area contributed by atoms with Crippen molar-refractivity contribution in [3.63, 3.8) is 0 Å². The van der Waals surface area contributed by atoms with Crippen molar-refractivity contribution in [2.75, 3.05) is 18.0 Å². The van der Waals surface area contributed by atoms with E-state index in [-0.39, 0.29) is 17.4 Å².